The third-order valence-corrected chi connectivity index (χ3v) is 9.56. The zero-order valence-corrected chi connectivity index (χ0v) is 30.0. The van der Waals surface area contributed by atoms with Crippen molar-refractivity contribution in [2.45, 2.75) is 16.3 Å². The summed E-state index contributed by atoms with van der Waals surface area (Å²) < 4.78 is 47.9. The molecule has 0 saturated heterocycles. The predicted molar refractivity (Wildman–Crippen MR) is 204 cm³/mol. The Bertz CT molecular complexity index is 2240. The van der Waals surface area contributed by atoms with E-state index in [1.165, 1.54) is 24.3 Å². The lowest BCUT2D eigenvalue weighted by atomic mass is 10.1. The largest absolute Gasteiger partial charge is 0.457 e. The van der Waals surface area contributed by atoms with Gasteiger partial charge in [-0.3, -0.25) is 14.4 Å². The molecule has 0 aliphatic carbocycles. The third kappa shape index (κ3) is 9.73. The van der Waals surface area contributed by atoms with Gasteiger partial charge in [0.15, 0.2) is 0 Å². The second-order valence-corrected chi connectivity index (χ2v) is 13.6. The fourth-order valence-electron chi connectivity index (χ4n) is 5.17. The van der Waals surface area contributed by atoms with Gasteiger partial charge in [0.05, 0.1) is 11.3 Å². The molecule has 0 fully saturated rings. The van der Waals surface area contributed by atoms with Gasteiger partial charge in [-0.2, -0.15) is 13.2 Å². The molecule has 0 aliphatic rings. The minimum Gasteiger partial charge on any atom is -0.457 e. The fourth-order valence-corrected chi connectivity index (χ4v) is 6.46. The molecule has 3 amide bonds. The maximum absolute atomic E-state index is 13.7. The van der Waals surface area contributed by atoms with Crippen LogP contribution in [0.4, 0.5) is 24.5 Å². The standard InChI is InChI=1S/C41H29BrF3N3O4S/c42-29-17-15-26(16-18-29)36-24-21-31(52-36)25-35(48-38(49)28-11-5-2-6-12-28)39(50)46-30-19-22-32(23-20-30)53-37(27-9-3-1-4-10-27)40(51)47-34-14-8-7-13-33(34)41(43,44)45/h1-25,37H,(H,46,50)(H,47,51)(H,48,49)/b35-25-/t37-/m1/s1. The molecule has 6 rings (SSSR count). The van der Waals surface area contributed by atoms with Crippen molar-refractivity contribution in [2.24, 2.45) is 0 Å². The molecular weight excluding hydrogens is 767 g/mol. The molecule has 0 aliphatic heterocycles. The van der Waals surface area contributed by atoms with Crippen molar-refractivity contribution in [1.82, 2.24) is 5.32 Å². The molecular formula is C41H29BrF3N3O4S. The van der Waals surface area contributed by atoms with Crippen molar-refractivity contribution in [3.63, 3.8) is 0 Å². The number of benzene rings is 5. The summed E-state index contributed by atoms with van der Waals surface area (Å²) in [5.41, 5.74) is 0.775. The number of rotatable bonds is 11. The highest BCUT2D eigenvalue weighted by Gasteiger charge is 2.34. The average molecular weight is 797 g/mol. The Morgan fingerprint density at radius 2 is 1.36 bits per heavy atom. The number of carbonyl (C=O) groups is 3. The average Bonchev–Trinajstić information content (AvgIpc) is 3.63. The van der Waals surface area contributed by atoms with Crippen molar-refractivity contribution in [3.05, 3.63) is 178 Å². The molecule has 6 aromatic rings. The fraction of sp³-hybridized carbons (Fsp3) is 0.0488. The molecule has 0 unspecified atom stereocenters. The van der Waals surface area contributed by atoms with Gasteiger partial charge in [0.2, 0.25) is 5.91 Å². The van der Waals surface area contributed by atoms with E-state index in [0.717, 1.165) is 27.9 Å². The Morgan fingerprint density at radius 3 is 2.04 bits per heavy atom. The van der Waals surface area contributed by atoms with Crippen LogP contribution in [0, 0.1) is 0 Å². The number of nitrogens with one attached hydrogen (secondary N) is 3. The van der Waals surface area contributed by atoms with Gasteiger partial charge in [-0.1, -0.05) is 88.7 Å². The summed E-state index contributed by atoms with van der Waals surface area (Å²) in [5.74, 6) is -0.864. The maximum Gasteiger partial charge on any atom is 0.418 e. The highest BCUT2D eigenvalue weighted by atomic mass is 79.9. The van der Waals surface area contributed by atoms with Crippen LogP contribution >= 0.6 is 27.7 Å². The maximum atomic E-state index is 13.7. The van der Waals surface area contributed by atoms with Gasteiger partial charge in [-0.15, -0.1) is 11.8 Å². The Labute approximate surface area is 315 Å². The number of furan rings is 1. The third-order valence-electron chi connectivity index (χ3n) is 7.77. The zero-order chi connectivity index (χ0) is 37.4. The van der Waals surface area contributed by atoms with E-state index in [0.29, 0.717) is 33.2 Å². The SMILES string of the molecule is O=C(Nc1ccc(S[C@@H](C(=O)Nc2ccccc2C(F)(F)F)c2ccccc2)cc1)/C(=C/c1ccc(-c2ccc(Br)cc2)o1)NC(=O)c1ccccc1. The number of carbonyl (C=O) groups excluding carboxylic acids is 3. The van der Waals surface area contributed by atoms with Gasteiger partial charge in [0.1, 0.15) is 22.5 Å². The van der Waals surface area contributed by atoms with E-state index < -0.39 is 34.7 Å². The first-order valence-electron chi connectivity index (χ1n) is 16.1. The summed E-state index contributed by atoms with van der Waals surface area (Å²) in [6, 6.07) is 39.5. The summed E-state index contributed by atoms with van der Waals surface area (Å²) in [6.07, 6.45) is -3.22. The molecule has 1 aromatic heterocycles. The molecule has 266 valence electrons. The van der Waals surface area contributed by atoms with Gasteiger partial charge in [-0.25, -0.2) is 0 Å². The number of amides is 3. The topological polar surface area (TPSA) is 100 Å². The number of para-hydroxylation sites is 1. The number of halogens is 4. The molecule has 5 aromatic carbocycles. The van der Waals surface area contributed by atoms with E-state index in [4.69, 9.17) is 4.42 Å². The van der Waals surface area contributed by atoms with Crippen LogP contribution < -0.4 is 16.0 Å². The van der Waals surface area contributed by atoms with Gasteiger partial charge in [0, 0.05) is 32.3 Å². The van der Waals surface area contributed by atoms with E-state index in [2.05, 4.69) is 31.9 Å². The van der Waals surface area contributed by atoms with E-state index in [9.17, 15) is 27.6 Å². The predicted octanol–water partition coefficient (Wildman–Crippen LogP) is 10.6. The first-order valence-corrected chi connectivity index (χ1v) is 17.7. The first-order chi connectivity index (χ1) is 25.5. The number of anilines is 2. The summed E-state index contributed by atoms with van der Waals surface area (Å²) in [5, 5.41) is 7.03. The van der Waals surface area contributed by atoms with E-state index in [1.807, 2.05) is 24.3 Å². The number of alkyl halides is 3. The van der Waals surface area contributed by atoms with Gasteiger partial charge in [0.25, 0.3) is 11.8 Å². The molecule has 53 heavy (non-hydrogen) atoms. The van der Waals surface area contributed by atoms with Crippen LogP contribution in [0.1, 0.15) is 32.5 Å². The minimum atomic E-state index is -4.65. The highest BCUT2D eigenvalue weighted by Crippen LogP contribution is 2.39. The minimum absolute atomic E-state index is 0.0750. The molecule has 7 nitrogen and oxygen atoms in total. The monoisotopic (exact) mass is 795 g/mol. The quantitative estimate of drug-likeness (QED) is 0.0896. The summed E-state index contributed by atoms with van der Waals surface area (Å²) in [6.45, 7) is 0. The Balaban J connectivity index is 1.21. The summed E-state index contributed by atoms with van der Waals surface area (Å²) in [4.78, 5) is 40.9. The number of thioether (sulfide) groups is 1. The zero-order valence-electron chi connectivity index (χ0n) is 27.6. The van der Waals surface area contributed by atoms with Crippen molar-refractivity contribution >= 4 is 62.9 Å². The molecule has 1 atom stereocenters. The van der Waals surface area contributed by atoms with Crippen LogP contribution in [0.5, 0.6) is 0 Å². The van der Waals surface area contributed by atoms with E-state index >= 15 is 0 Å². The van der Waals surface area contributed by atoms with Crippen molar-refractivity contribution in [2.75, 3.05) is 10.6 Å². The van der Waals surface area contributed by atoms with Crippen LogP contribution in [0.3, 0.4) is 0 Å². The number of hydrogen-bond donors (Lipinski definition) is 3. The van der Waals surface area contributed by atoms with Gasteiger partial charge < -0.3 is 20.4 Å². The summed E-state index contributed by atoms with van der Waals surface area (Å²) >= 11 is 4.55. The molecule has 12 heteroatoms. The second-order valence-electron chi connectivity index (χ2n) is 11.5. The van der Waals surface area contributed by atoms with Gasteiger partial charge in [-0.05, 0) is 78.4 Å². The van der Waals surface area contributed by atoms with Crippen molar-refractivity contribution < 1.29 is 32.0 Å². The molecule has 3 N–H and O–H groups in total. The molecule has 0 bridgehead atoms. The molecule has 0 spiro atoms. The lowest BCUT2D eigenvalue weighted by Crippen LogP contribution is -2.30. The van der Waals surface area contributed by atoms with E-state index in [1.54, 1.807) is 97.1 Å². The second kappa shape index (κ2) is 16.7. The first kappa shape index (κ1) is 36.9. The lowest BCUT2D eigenvalue weighted by molar-refractivity contribution is -0.137. The van der Waals surface area contributed by atoms with Crippen molar-refractivity contribution in [1.29, 1.82) is 0 Å². The Kier molecular flexibility index (Phi) is 11.6. The van der Waals surface area contributed by atoms with Crippen LogP contribution in [0.2, 0.25) is 0 Å². The van der Waals surface area contributed by atoms with Crippen LogP contribution in [-0.4, -0.2) is 17.7 Å². The highest BCUT2D eigenvalue weighted by molar-refractivity contribution is 9.10. The van der Waals surface area contributed by atoms with Crippen LogP contribution in [-0.2, 0) is 15.8 Å². The molecule has 0 radical (unpaired) electrons. The van der Waals surface area contributed by atoms with E-state index in [-0.39, 0.29) is 11.4 Å². The smallest absolute Gasteiger partial charge is 0.418 e. The lowest BCUT2D eigenvalue weighted by Gasteiger charge is -2.19. The van der Waals surface area contributed by atoms with Crippen LogP contribution in [0.15, 0.2) is 165 Å². The summed E-state index contributed by atoms with van der Waals surface area (Å²) in [7, 11) is 0. The Morgan fingerprint density at radius 1 is 0.717 bits per heavy atom. The normalized spacial score (nSPS) is 12.1. The molecule has 0 saturated carbocycles. The van der Waals surface area contributed by atoms with Crippen LogP contribution in [0.25, 0.3) is 17.4 Å². The number of hydrogen-bond acceptors (Lipinski definition) is 5. The van der Waals surface area contributed by atoms with Crippen molar-refractivity contribution in [3.8, 4) is 11.3 Å². The Hall–Kier alpha value is -5.85. The molecule has 1 heterocycles. The van der Waals surface area contributed by atoms with Gasteiger partial charge >= 0.3 is 6.18 Å².